The predicted molar refractivity (Wildman–Crippen MR) is 83.2 cm³/mol. The summed E-state index contributed by atoms with van der Waals surface area (Å²) in [4.78, 5) is 23.6. The van der Waals surface area contributed by atoms with E-state index in [2.05, 4.69) is 10.6 Å². The van der Waals surface area contributed by atoms with Gasteiger partial charge in [-0.25, -0.2) is 0 Å². The third kappa shape index (κ3) is 4.86. The molecule has 0 aromatic heterocycles. The minimum Gasteiger partial charge on any atom is -0.468 e. The Bertz CT molecular complexity index is 492. The van der Waals surface area contributed by atoms with Gasteiger partial charge in [-0.05, 0) is 30.9 Å². The zero-order valence-corrected chi connectivity index (χ0v) is 13.3. The highest BCUT2D eigenvalue weighted by molar-refractivity contribution is 5.94. The molecule has 1 atom stereocenters. The van der Waals surface area contributed by atoms with Crippen molar-refractivity contribution < 1.29 is 14.3 Å². The van der Waals surface area contributed by atoms with Gasteiger partial charge in [-0.15, -0.1) is 0 Å². The van der Waals surface area contributed by atoms with E-state index in [1.807, 2.05) is 45.9 Å². The van der Waals surface area contributed by atoms with Gasteiger partial charge in [-0.2, -0.15) is 0 Å². The van der Waals surface area contributed by atoms with Gasteiger partial charge < -0.3 is 10.1 Å². The van der Waals surface area contributed by atoms with Gasteiger partial charge >= 0.3 is 5.97 Å². The molecular formula is C16H24N2O3. The van der Waals surface area contributed by atoms with Crippen LogP contribution in [-0.4, -0.2) is 31.6 Å². The number of aryl methyl sites for hydroxylation is 2. The van der Waals surface area contributed by atoms with Crippen molar-refractivity contribution in [2.75, 3.05) is 19.0 Å². The van der Waals surface area contributed by atoms with E-state index < -0.39 is 6.04 Å². The van der Waals surface area contributed by atoms with Gasteiger partial charge in [-0.1, -0.05) is 32.0 Å². The number of para-hydroxylation sites is 1. The Kier molecular flexibility index (Phi) is 6.37. The average Bonchev–Trinajstić information content (AvgIpc) is 2.42. The molecule has 1 rings (SSSR count). The second-order valence-electron chi connectivity index (χ2n) is 5.44. The average molecular weight is 292 g/mol. The lowest BCUT2D eigenvalue weighted by molar-refractivity contribution is -0.144. The normalized spacial score (nSPS) is 12.1. The molecule has 0 spiro atoms. The van der Waals surface area contributed by atoms with Gasteiger partial charge in [0.15, 0.2) is 0 Å². The molecule has 0 bridgehead atoms. The van der Waals surface area contributed by atoms with E-state index in [1.165, 1.54) is 7.11 Å². The fraction of sp³-hybridized carbons (Fsp3) is 0.500. The van der Waals surface area contributed by atoms with E-state index in [-0.39, 0.29) is 24.3 Å². The van der Waals surface area contributed by atoms with Crippen LogP contribution in [0.4, 0.5) is 5.69 Å². The summed E-state index contributed by atoms with van der Waals surface area (Å²) in [5.41, 5.74) is 2.84. The van der Waals surface area contributed by atoms with Crippen molar-refractivity contribution in [1.29, 1.82) is 0 Å². The molecule has 21 heavy (non-hydrogen) atoms. The van der Waals surface area contributed by atoms with E-state index in [1.54, 1.807) is 0 Å². The Balaban J connectivity index is 2.63. The zero-order valence-electron chi connectivity index (χ0n) is 13.3. The van der Waals surface area contributed by atoms with Crippen LogP contribution in [-0.2, 0) is 14.3 Å². The fourth-order valence-electron chi connectivity index (χ4n) is 2.12. The summed E-state index contributed by atoms with van der Waals surface area (Å²) in [6, 6.07) is 5.35. The molecule has 5 nitrogen and oxygen atoms in total. The van der Waals surface area contributed by atoms with Crippen LogP contribution in [0.15, 0.2) is 18.2 Å². The molecule has 0 aliphatic rings. The van der Waals surface area contributed by atoms with Crippen molar-refractivity contribution in [3.05, 3.63) is 29.3 Å². The van der Waals surface area contributed by atoms with E-state index in [0.717, 1.165) is 16.8 Å². The van der Waals surface area contributed by atoms with Crippen molar-refractivity contribution >= 4 is 17.6 Å². The summed E-state index contributed by atoms with van der Waals surface area (Å²) in [5, 5.41) is 5.82. The van der Waals surface area contributed by atoms with Crippen molar-refractivity contribution in [2.45, 2.75) is 33.7 Å². The highest BCUT2D eigenvalue weighted by Crippen LogP contribution is 2.19. The fourth-order valence-corrected chi connectivity index (χ4v) is 2.12. The second kappa shape index (κ2) is 7.78. The number of nitrogens with one attached hydrogen (secondary N) is 2. The molecule has 1 aromatic rings. The molecule has 0 saturated carbocycles. The standard InChI is InChI=1S/C16H24N2O3/c1-10(2)14(16(20)21-5)17-9-13(19)18-15-11(3)7-6-8-12(15)4/h6-8,10,14,17H,9H2,1-5H3,(H,18,19). The molecule has 116 valence electrons. The van der Waals surface area contributed by atoms with Gasteiger partial charge in [0.25, 0.3) is 0 Å². The molecule has 0 fully saturated rings. The van der Waals surface area contributed by atoms with Crippen LogP contribution >= 0.6 is 0 Å². The van der Waals surface area contributed by atoms with Gasteiger partial charge in [0, 0.05) is 5.69 Å². The highest BCUT2D eigenvalue weighted by atomic mass is 16.5. The van der Waals surface area contributed by atoms with Crippen LogP contribution in [0.5, 0.6) is 0 Å². The number of carbonyl (C=O) groups is 2. The highest BCUT2D eigenvalue weighted by Gasteiger charge is 2.23. The number of amides is 1. The van der Waals surface area contributed by atoms with Crippen molar-refractivity contribution in [3.63, 3.8) is 0 Å². The Hall–Kier alpha value is -1.88. The van der Waals surface area contributed by atoms with Crippen molar-refractivity contribution in [2.24, 2.45) is 5.92 Å². The van der Waals surface area contributed by atoms with E-state index in [9.17, 15) is 9.59 Å². The largest absolute Gasteiger partial charge is 0.468 e. The van der Waals surface area contributed by atoms with Gasteiger partial charge in [0.2, 0.25) is 5.91 Å². The molecule has 1 unspecified atom stereocenters. The van der Waals surface area contributed by atoms with E-state index in [4.69, 9.17) is 4.74 Å². The Morgan fingerprint density at radius 3 is 2.24 bits per heavy atom. The lowest BCUT2D eigenvalue weighted by Gasteiger charge is -2.20. The first-order valence-corrected chi connectivity index (χ1v) is 7.04. The quantitative estimate of drug-likeness (QED) is 0.787. The van der Waals surface area contributed by atoms with Gasteiger partial charge in [0.1, 0.15) is 6.04 Å². The molecular weight excluding hydrogens is 268 g/mol. The number of hydrogen-bond donors (Lipinski definition) is 2. The summed E-state index contributed by atoms with van der Waals surface area (Å²) < 4.78 is 4.73. The first kappa shape index (κ1) is 17.2. The summed E-state index contributed by atoms with van der Waals surface area (Å²) >= 11 is 0. The Morgan fingerprint density at radius 1 is 1.19 bits per heavy atom. The summed E-state index contributed by atoms with van der Waals surface area (Å²) in [6.45, 7) is 7.75. The van der Waals surface area contributed by atoms with Crippen molar-refractivity contribution in [1.82, 2.24) is 5.32 Å². The number of benzene rings is 1. The topological polar surface area (TPSA) is 67.4 Å². The molecule has 0 aliphatic heterocycles. The minimum atomic E-state index is -0.487. The molecule has 0 radical (unpaired) electrons. The van der Waals surface area contributed by atoms with Gasteiger partial charge in [-0.3, -0.25) is 14.9 Å². The van der Waals surface area contributed by atoms with Crippen molar-refractivity contribution in [3.8, 4) is 0 Å². The number of hydrogen-bond acceptors (Lipinski definition) is 4. The number of anilines is 1. The summed E-state index contributed by atoms with van der Waals surface area (Å²) in [6.07, 6.45) is 0. The van der Waals surface area contributed by atoms with Crippen LogP contribution in [0.25, 0.3) is 0 Å². The second-order valence-corrected chi connectivity index (χ2v) is 5.44. The van der Waals surface area contributed by atoms with Crippen LogP contribution in [0.2, 0.25) is 0 Å². The maximum absolute atomic E-state index is 12.0. The number of rotatable bonds is 6. The summed E-state index contributed by atoms with van der Waals surface area (Å²) in [5.74, 6) is -0.489. The molecule has 0 aliphatic carbocycles. The Morgan fingerprint density at radius 2 is 1.76 bits per heavy atom. The number of ether oxygens (including phenoxy) is 1. The maximum atomic E-state index is 12.0. The monoisotopic (exact) mass is 292 g/mol. The molecule has 1 amide bonds. The Labute approximate surface area is 126 Å². The molecule has 0 heterocycles. The van der Waals surface area contributed by atoms with Crippen LogP contribution in [0.3, 0.4) is 0 Å². The van der Waals surface area contributed by atoms with Crippen LogP contribution < -0.4 is 10.6 Å². The molecule has 5 heteroatoms. The predicted octanol–water partition coefficient (Wildman–Crippen LogP) is 2.03. The van der Waals surface area contributed by atoms with Crippen LogP contribution in [0, 0.1) is 19.8 Å². The molecule has 2 N–H and O–H groups in total. The third-order valence-electron chi connectivity index (χ3n) is 3.35. The lowest BCUT2D eigenvalue weighted by Crippen LogP contribution is -2.45. The van der Waals surface area contributed by atoms with Gasteiger partial charge in [0.05, 0.1) is 13.7 Å². The minimum absolute atomic E-state index is 0.0467. The van der Waals surface area contributed by atoms with E-state index in [0.29, 0.717) is 0 Å². The first-order chi connectivity index (χ1) is 9.86. The molecule has 1 aromatic carbocycles. The number of esters is 1. The maximum Gasteiger partial charge on any atom is 0.323 e. The SMILES string of the molecule is COC(=O)C(NCC(=O)Nc1c(C)cccc1C)C(C)C. The van der Waals surface area contributed by atoms with Crippen LogP contribution in [0.1, 0.15) is 25.0 Å². The first-order valence-electron chi connectivity index (χ1n) is 7.04. The van der Waals surface area contributed by atoms with E-state index >= 15 is 0 Å². The number of carbonyl (C=O) groups excluding carboxylic acids is 2. The molecule has 0 saturated heterocycles. The third-order valence-corrected chi connectivity index (χ3v) is 3.35. The number of methoxy groups -OCH3 is 1. The smallest absolute Gasteiger partial charge is 0.323 e. The lowest BCUT2D eigenvalue weighted by atomic mass is 10.0. The summed E-state index contributed by atoms with van der Waals surface area (Å²) in [7, 11) is 1.34. The zero-order chi connectivity index (χ0) is 16.0.